The Bertz CT molecular complexity index is 347. The van der Waals surface area contributed by atoms with E-state index in [-0.39, 0.29) is 18.9 Å². The van der Waals surface area contributed by atoms with Crippen LogP contribution in [0.1, 0.15) is 16.8 Å². The molecule has 1 aromatic rings. The molecule has 1 rings (SSSR count). The molecule has 0 bridgehead atoms. The molecule has 0 saturated heterocycles. The number of halogens is 1. The number of nitrogens with one attached hydrogen (secondary N) is 1. The van der Waals surface area contributed by atoms with Crippen molar-refractivity contribution in [3.05, 3.63) is 22.6 Å². The average molecular weight is 262 g/mol. The summed E-state index contributed by atoms with van der Waals surface area (Å²) in [4.78, 5) is 21.5. The van der Waals surface area contributed by atoms with Crippen LogP contribution in [0.3, 0.4) is 0 Å². The lowest BCUT2D eigenvalue weighted by atomic mass is 10.3. The van der Waals surface area contributed by atoms with Crippen molar-refractivity contribution in [1.29, 1.82) is 0 Å². The van der Waals surface area contributed by atoms with Crippen LogP contribution in [-0.4, -0.2) is 23.5 Å². The predicted molar refractivity (Wildman–Crippen MR) is 51.0 cm³/mol. The molecule has 0 atom stereocenters. The maximum Gasteiger partial charge on any atom is 0.305 e. The molecule has 0 aromatic carbocycles. The Morgan fingerprint density at radius 1 is 1.57 bits per heavy atom. The third kappa shape index (κ3) is 2.88. The van der Waals surface area contributed by atoms with Gasteiger partial charge in [-0.15, -0.1) is 0 Å². The molecule has 0 radical (unpaired) electrons. The zero-order valence-corrected chi connectivity index (χ0v) is 8.70. The summed E-state index contributed by atoms with van der Waals surface area (Å²) in [6.45, 7) is 0.103. The zero-order valence-electron chi connectivity index (χ0n) is 7.12. The molecule has 0 unspecified atom stereocenters. The molecular formula is C8H8BrNO4. The molecule has 5 nitrogen and oxygen atoms in total. The van der Waals surface area contributed by atoms with Crippen molar-refractivity contribution < 1.29 is 19.1 Å². The van der Waals surface area contributed by atoms with Gasteiger partial charge >= 0.3 is 5.97 Å². The highest BCUT2D eigenvalue weighted by atomic mass is 79.9. The lowest BCUT2D eigenvalue weighted by molar-refractivity contribution is -0.136. The van der Waals surface area contributed by atoms with E-state index in [1.165, 1.54) is 12.3 Å². The van der Waals surface area contributed by atoms with Gasteiger partial charge in [-0.1, -0.05) is 0 Å². The van der Waals surface area contributed by atoms with Gasteiger partial charge in [-0.05, 0) is 22.0 Å². The topological polar surface area (TPSA) is 79.5 Å². The van der Waals surface area contributed by atoms with Gasteiger partial charge in [0.25, 0.3) is 5.91 Å². The van der Waals surface area contributed by atoms with E-state index in [1.54, 1.807) is 0 Å². The Labute approximate surface area is 88.2 Å². The summed E-state index contributed by atoms with van der Waals surface area (Å²) in [6, 6.07) is 1.50. The standard InChI is InChI=1S/C8H8BrNO4/c9-7-5(2-4-14-7)8(13)10-3-1-6(11)12/h2,4H,1,3H2,(H,10,13)(H,11,12). The van der Waals surface area contributed by atoms with Crippen LogP contribution in [0, 0.1) is 0 Å². The van der Waals surface area contributed by atoms with Gasteiger partial charge < -0.3 is 14.8 Å². The van der Waals surface area contributed by atoms with E-state index in [9.17, 15) is 9.59 Å². The lowest BCUT2D eigenvalue weighted by Crippen LogP contribution is -2.25. The van der Waals surface area contributed by atoms with Crippen LogP contribution in [0.5, 0.6) is 0 Å². The quantitative estimate of drug-likeness (QED) is 0.855. The second kappa shape index (κ2) is 4.80. The smallest absolute Gasteiger partial charge is 0.305 e. The highest BCUT2D eigenvalue weighted by Crippen LogP contribution is 2.16. The van der Waals surface area contributed by atoms with Gasteiger partial charge in [0.1, 0.15) is 0 Å². The Kier molecular flexibility index (Phi) is 3.70. The normalized spacial score (nSPS) is 9.79. The van der Waals surface area contributed by atoms with E-state index >= 15 is 0 Å². The number of rotatable bonds is 4. The first-order chi connectivity index (χ1) is 6.61. The highest BCUT2D eigenvalue weighted by molar-refractivity contribution is 9.10. The number of carbonyl (C=O) groups is 2. The van der Waals surface area contributed by atoms with E-state index in [0.29, 0.717) is 10.2 Å². The van der Waals surface area contributed by atoms with Crippen molar-refractivity contribution in [3.63, 3.8) is 0 Å². The lowest BCUT2D eigenvalue weighted by Gasteiger charge is -2.00. The van der Waals surface area contributed by atoms with Crippen molar-refractivity contribution in [3.8, 4) is 0 Å². The molecular weight excluding hydrogens is 254 g/mol. The summed E-state index contributed by atoms with van der Waals surface area (Å²) in [6.07, 6.45) is 1.28. The van der Waals surface area contributed by atoms with Gasteiger partial charge in [-0.3, -0.25) is 9.59 Å². The molecule has 76 valence electrons. The van der Waals surface area contributed by atoms with Crippen LogP contribution in [0.15, 0.2) is 21.4 Å². The number of amides is 1. The van der Waals surface area contributed by atoms with E-state index in [1.807, 2.05) is 0 Å². The summed E-state index contributed by atoms with van der Waals surface area (Å²) in [7, 11) is 0. The second-order valence-electron chi connectivity index (χ2n) is 2.51. The largest absolute Gasteiger partial charge is 0.481 e. The molecule has 1 amide bonds. The zero-order chi connectivity index (χ0) is 10.6. The van der Waals surface area contributed by atoms with Crippen molar-refractivity contribution >= 4 is 27.8 Å². The van der Waals surface area contributed by atoms with Crippen LogP contribution < -0.4 is 5.32 Å². The third-order valence-electron chi connectivity index (χ3n) is 1.49. The molecule has 1 heterocycles. The second-order valence-corrected chi connectivity index (χ2v) is 3.23. The highest BCUT2D eigenvalue weighted by Gasteiger charge is 2.11. The average Bonchev–Trinajstić information content (AvgIpc) is 2.50. The maximum atomic E-state index is 11.3. The summed E-state index contributed by atoms with van der Waals surface area (Å²) < 4.78 is 5.19. The maximum absolute atomic E-state index is 11.3. The van der Waals surface area contributed by atoms with Gasteiger partial charge in [0.15, 0.2) is 4.67 Å². The molecule has 0 aliphatic rings. The minimum Gasteiger partial charge on any atom is -0.481 e. The number of carboxylic acid groups (broad SMARTS) is 1. The third-order valence-corrected chi connectivity index (χ3v) is 2.10. The summed E-state index contributed by atoms with van der Waals surface area (Å²) in [5.41, 5.74) is 0.357. The summed E-state index contributed by atoms with van der Waals surface area (Å²) >= 11 is 3.04. The van der Waals surface area contributed by atoms with E-state index in [0.717, 1.165) is 0 Å². The number of carbonyl (C=O) groups excluding carboxylic acids is 1. The Morgan fingerprint density at radius 3 is 2.79 bits per heavy atom. The van der Waals surface area contributed by atoms with E-state index in [2.05, 4.69) is 21.2 Å². The predicted octanol–water partition coefficient (Wildman–Crippen LogP) is 1.25. The van der Waals surface area contributed by atoms with Gasteiger partial charge in [-0.25, -0.2) is 0 Å². The van der Waals surface area contributed by atoms with Crippen molar-refractivity contribution in [1.82, 2.24) is 5.32 Å². The van der Waals surface area contributed by atoms with Crippen LogP contribution in [0.25, 0.3) is 0 Å². The van der Waals surface area contributed by atoms with E-state index in [4.69, 9.17) is 9.52 Å². The number of hydrogen-bond donors (Lipinski definition) is 2. The molecule has 6 heteroatoms. The summed E-state index contributed by atoms with van der Waals surface area (Å²) in [5.74, 6) is -1.30. The van der Waals surface area contributed by atoms with Crippen molar-refractivity contribution in [2.45, 2.75) is 6.42 Å². The van der Waals surface area contributed by atoms with Gasteiger partial charge in [0.2, 0.25) is 0 Å². The number of aliphatic carboxylic acids is 1. The molecule has 0 fully saturated rings. The molecule has 1 aromatic heterocycles. The fourth-order valence-electron chi connectivity index (χ4n) is 0.834. The number of hydrogen-bond acceptors (Lipinski definition) is 3. The van der Waals surface area contributed by atoms with Crippen LogP contribution in [-0.2, 0) is 4.79 Å². The molecule has 0 aliphatic heterocycles. The van der Waals surface area contributed by atoms with Crippen molar-refractivity contribution in [2.24, 2.45) is 0 Å². The van der Waals surface area contributed by atoms with Crippen LogP contribution >= 0.6 is 15.9 Å². The minimum atomic E-state index is -0.948. The van der Waals surface area contributed by atoms with Gasteiger partial charge in [0, 0.05) is 6.54 Å². The first-order valence-corrected chi connectivity index (χ1v) is 4.63. The molecule has 0 spiro atoms. The first kappa shape index (κ1) is 10.8. The monoisotopic (exact) mass is 261 g/mol. The number of furan rings is 1. The van der Waals surface area contributed by atoms with E-state index < -0.39 is 5.97 Å². The van der Waals surface area contributed by atoms with Crippen molar-refractivity contribution in [2.75, 3.05) is 6.54 Å². The Hall–Kier alpha value is -1.30. The molecule has 14 heavy (non-hydrogen) atoms. The molecule has 0 aliphatic carbocycles. The molecule has 0 saturated carbocycles. The van der Waals surface area contributed by atoms with Crippen LogP contribution in [0.4, 0.5) is 0 Å². The summed E-state index contributed by atoms with van der Waals surface area (Å²) in [5, 5.41) is 10.8. The minimum absolute atomic E-state index is 0.0960. The SMILES string of the molecule is O=C(O)CCNC(=O)c1ccoc1Br. The van der Waals surface area contributed by atoms with Crippen LogP contribution in [0.2, 0.25) is 0 Å². The molecule has 2 N–H and O–H groups in total. The first-order valence-electron chi connectivity index (χ1n) is 3.84. The van der Waals surface area contributed by atoms with Gasteiger partial charge in [-0.2, -0.15) is 0 Å². The fourth-order valence-corrected chi connectivity index (χ4v) is 1.25. The fraction of sp³-hybridized carbons (Fsp3) is 0.250. The Morgan fingerprint density at radius 2 is 2.29 bits per heavy atom. The Balaban J connectivity index is 2.44. The van der Waals surface area contributed by atoms with Gasteiger partial charge in [0.05, 0.1) is 18.2 Å². The number of carboxylic acids is 1.